The van der Waals surface area contributed by atoms with Gasteiger partial charge in [0.25, 0.3) is 0 Å². The van der Waals surface area contributed by atoms with Crippen molar-refractivity contribution in [3.05, 3.63) is 18.0 Å². The maximum absolute atomic E-state index is 4.44. The monoisotopic (exact) mass is 306 g/mol. The van der Waals surface area contributed by atoms with Crippen LogP contribution in [-0.2, 0) is 6.54 Å². The summed E-state index contributed by atoms with van der Waals surface area (Å²) in [5.41, 5.74) is 1.20. The zero-order chi connectivity index (χ0) is 15.9. The average molecular weight is 306 g/mol. The molecule has 1 aromatic heterocycles. The van der Waals surface area contributed by atoms with Crippen molar-refractivity contribution in [2.24, 2.45) is 4.99 Å². The predicted octanol–water partition coefficient (Wildman–Crippen LogP) is 1.18. The number of likely N-dealkylation sites (N-methyl/N-ethyl adjacent to an activating group) is 1. The Morgan fingerprint density at radius 2 is 2.23 bits per heavy atom. The summed E-state index contributed by atoms with van der Waals surface area (Å²) in [6.07, 6.45) is 5.18. The van der Waals surface area contributed by atoms with Crippen molar-refractivity contribution < 1.29 is 0 Å². The highest BCUT2D eigenvalue weighted by molar-refractivity contribution is 5.80. The number of aromatic nitrogens is 2. The summed E-state index contributed by atoms with van der Waals surface area (Å²) < 4.78 is 1.97. The van der Waals surface area contributed by atoms with Gasteiger partial charge in [-0.05, 0) is 32.0 Å². The lowest BCUT2D eigenvalue weighted by molar-refractivity contribution is 0.223. The SMILES string of the molecule is CCN(CC)C1CCN(C(=NC)NCCn2cc(C)cn2)C1. The molecule has 0 radical (unpaired) electrons. The van der Waals surface area contributed by atoms with Gasteiger partial charge in [0.2, 0.25) is 0 Å². The predicted molar refractivity (Wildman–Crippen MR) is 91.2 cm³/mol. The largest absolute Gasteiger partial charge is 0.354 e. The van der Waals surface area contributed by atoms with Gasteiger partial charge in [0, 0.05) is 38.9 Å². The van der Waals surface area contributed by atoms with Gasteiger partial charge in [-0.1, -0.05) is 13.8 Å². The Hall–Kier alpha value is -1.56. The van der Waals surface area contributed by atoms with Crippen LogP contribution in [-0.4, -0.2) is 71.4 Å². The van der Waals surface area contributed by atoms with Crippen LogP contribution in [0.3, 0.4) is 0 Å². The molecular formula is C16H30N6. The van der Waals surface area contributed by atoms with E-state index in [0.717, 1.165) is 45.2 Å². The molecule has 6 heteroatoms. The van der Waals surface area contributed by atoms with E-state index in [4.69, 9.17) is 0 Å². The highest BCUT2D eigenvalue weighted by Gasteiger charge is 2.27. The topological polar surface area (TPSA) is 48.7 Å². The van der Waals surface area contributed by atoms with Crippen molar-refractivity contribution in [3.8, 4) is 0 Å². The van der Waals surface area contributed by atoms with E-state index in [2.05, 4.69) is 52.2 Å². The fraction of sp³-hybridized carbons (Fsp3) is 0.750. The van der Waals surface area contributed by atoms with E-state index in [1.54, 1.807) is 0 Å². The lowest BCUT2D eigenvalue weighted by Crippen LogP contribution is -2.44. The van der Waals surface area contributed by atoms with E-state index < -0.39 is 0 Å². The van der Waals surface area contributed by atoms with Crippen LogP contribution >= 0.6 is 0 Å². The number of aliphatic imine (C=N–C) groups is 1. The van der Waals surface area contributed by atoms with Crippen LogP contribution in [0, 0.1) is 6.92 Å². The fourth-order valence-electron chi connectivity index (χ4n) is 3.18. The summed E-state index contributed by atoms with van der Waals surface area (Å²) in [5.74, 6) is 1.01. The summed E-state index contributed by atoms with van der Waals surface area (Å²) in [6.45, 7) is 12.7. The Balaban J connectivity index is 1.80. The van der Waals surface area contributed by atoms with Gasteiger partial charge in [-0.25, -0.2) is 0 Å². The molecule has 0 saturated carbocycles. The molecule has 1 saturated heterocycles. The maximum Gasteiger partial charge on any atom is 0.193 e. The molecule has 0 amide bonds. The van der Waals surface area contributed by atoms with E-state index >= 15 is 0 Å². The van der Waals surface area contributed by atoms with Gasteiger partial charge in [0.05, 0.1) is 12.7 Å². The van der Waals surface area contributed by atoms with Crippen LogP contribution in [0.2, 0.25) is 0 Å². The number of nitrogens with zero attached hydrogens (tertiary/aromatic N) is 5. The summed E-state index contributed by atoms with van der Waals surface area (Å²) in [5, 5.41) is 7.77. The first-order valence-electron chi connectivity index (χ1n) is 8.36. The lowest BCUT2D eigenvalue weighted by atomic mass is 10.2. The molecule has 22 heavy (non-hydrogen) atoms. The van der Waals surface area contributed by atoms with E-state index in [-0.39, 0.29) is 0 Å². The third kappa shape index (κ3) is 4.22. The molecule has 1 N–H and O–H groups in total. The molecule has 0 aromatic carbocycles. The van der Waals surface area contributed by atoms with Crippen LogP contribution in [0.15, 0.2) is 17.4 Å². The number of aryl methyl sites for hydroxylation is 1. The number of hydrogen-bond donors (Lipinski definition) is 1. The Morgan fingerprint density at radius 3 is 2.82 bits per heavy atom. The molecule has 1 atom stereocenters. The zero-order valence-corrected chi connectivity index (χ0v) is 14.4. The second-order valence-corrected chi connectivity index (χ2v) is 5.86. The molecule has 124 valence electrons. The number of hydrogen-bond acceptors (Lipinski definition) is 3. The minimum atomic E-state index is 0.655. The van der Waals surface area contributed by atoms with Crippen molar-refractivity contribution in [1.82, 2.24) is 24.9 Å². The maximum atomic E-state index is 4.44. The Labute approximate surface area is 134 Å². The standard InChI is InChI=1S/C16H30N6/c1-5-20(6-2)15-7-9-21(13-15)16(17-4)18-8-10-22-12-14(3)11-19-22/h11-12,15H,5-10,13H2,1-4H3,(H,17,18). The van der Waals surface area contributed by atoms with Crippen LogP contribution in [0.25, 0.3) is 0 Å². The van der Waals surface area contributed by atoms with Gasteiger partial charge in [-0.15, -0.1) is 0 Å². The first kappa shape index (κ1) is 16.8. The normalized spacial score (nSPS) is 19.2. The molecule has 6 nitrogen and oxygen atoms in total. The second-order valence-electron chi connectivity index (χ2n) is 5.86. The Kier molecular flexibility index (Phi) is 6.24. The lowest BCUT2D eigenvalue weighted by Gasteiger charge is -2.27. The Bertz CT molecular complexity index is 477. The quantitative estimate of drug-likeness (QED) is 0.633. The van der Waals surface area contributed by atoms with E-state index in [0.29, 0.717) is 6.04 Å². The molecular weight excluding hydrogens is 276 g/mol. The van der Waals surface area contributed by atoms with Gasteiger partial charge in [-0.2, -0.15) is 5.10 Å². The molecule has 1 aliphatic heterocycles. The number of guanidine groups is 1. The van der Waals surface area contributed by atoms with Crippen molar-refractivity contribution in [1.29, 1.82) is 0 Å². The highest BCUT2D eigenvalue weighted by Crippen LogP contribution is 2.15. The third-order valence-corrected chi connectivity index (χ3v) is 4.39. The van der Waals surface area contributed by atoms with Crippen LogP contribution in [0.5, 0.6) is 0 Å². The first-order chi connectivity index (χ1) is 10.7. The minimum Gasteiger partial charge on any atom is -0.354 e. The van der Waals surface area contributed by atoms with Crippen LogP contribution in [0.4, 0.5) is 0 Å². The molecule has 0 aliphatic carbocycles. The van der Waals surface area contributed by atoms with Gasteiger partial charge in [-0.3, -0.25) is 14.6 Å². The van der Waals surface area contributed by atoms with E-state index in [9.17, 15) is 0 Å². The highest BCUT2D eigenvalue weighted by atomic mass is 15.3. The average Bonchev–Trinajstić information content (AvgIpc) is 3.15. The molecule has 2 rings (SSSR count). The zero-order valence-electron chi connectivity index (χ0n) is 14.4. The molecule has 0 spiro atoms. The smallest absolute Gasteiger partial charge is 0.193 e. The number of likely N-dealkylation sites (tertiary alicyclic amines) is 1. The molecule has 1 fully saturated rings. The summed E-state index contributed by atoms with van der Waals surface area (Å²) in [7, 11) is 1.87. The summed E-state index contributed by atoms with van der Waals surface area (Å²) in [4.78, 5) is 9.35. The van der Waals surface area contributed by atoms with Crippen LogP contribution < -0.4 is 5.32 Å². The molecule has 2 heterocycles. The minimum absolute atomic E-state index is 0.655. The molecule has 1 unspecified atom stereocenters. The second kappa shape index (κ2) is 8.17. The third-order valence-electron chi connectivity index (χ3n) is 4.39. The van der Waals surface area contributed by atoms with Gasteiger partial charge >= 0.3 is 0 Å². The van der Waals surface area contributed by atoms with Crippen LogP contribution in [0.1, 0.15) is 25.8 Å². The van der Waals surface area contributed by atoms with Crippen molar-refractivity contribution in [3.63, 3.8) is 0 Å². The van der Waals surface area contributed by atoms with Crippen molar-refractivity contribution >= 4 is 5.96 Å². The Morgan fingerprint density at radius 1 is 1.45 bits per heavy atom. The number of rotatable bonds is 6. The molecule has 1 aromatic rings. The molecule has 1 aliphatic rings. The fourth-order valence-corrected chi connectivity index (χ4v) is 3.18. The van der Waals surface area contributed by atoms with E-state index in [1.165, 1.54) is 12.0 Å². The summed E-state index contributed by atoms with van der Waals surface area (Å²) >= 11 is 0. The number of nitrogens with one attached hydrogen (secondary N) is 1. The van der Waals surface area contributed by atoms with Gasteiger partial charge < -0.3 is 10.2 Å². The van der Waals surface area contributed by atoms with Gasteiger partial charge in [0.1, 0.15) is 0 Å². The summed E-state index contributed by atoms with van der Waals surface area (Å²) in [6, 6.07) is 0.655. The first-order valence-corrected chi connectivity index (χ1v) is 8.36. The van der Waals surface area contributed by atoms with Crippen molar-refractivity contribution in [2.45, 2.75) is 39.8 Å². The van der Waals surface area contributed by atoms with E-state index in [1.807, 2.05) is 17.9 Å². The molecule has 0 bridgehead atoms. The van der Waals surface area contributed by atoms with Crippen molar-refractivity contribution in [2.75, 3.05) is 39.8 Å². The van der Waals surface area contributed by atoms with Gasteiger partial charge in [0.15, 0.2) is 5.96 Å².